The van der Waals surface area contributed by atoms with Gasteiger partial charge in [0.15, 0.2) is 0 Å². The van der Waals surface area contributed by atoms with Crippen LogP contribution in [0.15, 0.2) is 66.7 Å². The second-order valence-corrected chi connectivity index (χ2v) is 8.33. The van der Waals surface area contributed by atoms with Gasteiger partial charge in [-0.25, -0.2) is 0 Å². The van der Waals surface area contributed by atoms with E-state index < -0.39 is 0 Å². The number of aryl methyl sites for hydroxylation is 1. The first-order valence-electron chi connectivity index (χ1n) is 10.9. The van der Waals surface area contributed by atoms with Crippen molar-refractivity contribution in [3.05, 3.63) is 83.4 Å². The number of nitrogens with zero attached hydrogens (tertiary/aromatic N) is 1. The predicted octanol–water partition coefficient (Wildman–Crippen LogP) is 4.16. The van der Waals surface area contributed by atoms with Gasteiger partial charge in [-0.3, -0.25) is 9.69 Å². The molecule has 0 aromatic heterocycles. The Kier molecular flexibility index (Phi) is 6.34. The van der Waals surface area contributed by atoms with Crippen molar-refractivity contribution >= 4 is 24.9 Å². The molecule has 0 saturated carbocycles. The molecule has 1 N–H and O–H groups in total. The van der Waals surface area contributed by atoms with Crippen LogP contribution in [0.5, 0.6) is 0 Å². The van der Waals surface area contributed by atoms with Crippen molar-refractivity contribution in [3.63, 3.8) is 0 Å². The quantitative estimate of drug-likeness (QED) is 0.657. The van der Waals surface area contributed by atoms with Crippen LogP contribution in [0.3, 0.4) is 0 Å². The Balaban J connectivity index is 1.62. The molecule has 0 unspecified atom stereocenters. The molecule has 1 aliphatic heterocycles. The molecule has 3 nitrogen and oxygen atoms in total. The Bertz CT molecular complexity index is 1030. The van der Waals surface area contributed by atoms with Gasteiger partial charge in [-0.15, -0.1) is 0 Å². The minimum absolute atomic E-state index is 0.0576. The molecule has 152 valence electrons. The summed E-state index contributed by atoms with van der Waals surface area (Å²) in [6, 6.07) is 22.6. The van der Waals surface area contributed by atoms with Crippen molar-refractivity contribution in [1.29, 1.82) is 0 Å². The van der Waals surface area contributed by atoms with E-state index in [1.54, 1.807) is 0 Å². The van der Waals surface area contributed by atoms with Gasteiger partial charge in [-0.1, -0.05) is 59.9 Å². The standard InChI is InChI=1S/C26H29BN2O/c1-19-16-23(11-13-25(19)27)28-26(30)21-10-12-24(20-8-4-2-5-9-20)22(17-21)18-29-14-6-3-7-15-29/h2,4-5,8-13,16-17H,3,6-7,14-15,18,27H2,1H3,(H,28,30). The van der Waals surface area contributed by atoms with Gasteiger partial charge in [0.1, 0.15) is 7.85 Å². The fraction of sp³-hybridized carbons (Fsp3) is 0.269. The third-order valence-corrected chi connectivity index (χ3v) is 6.06. The monoisotopic (exact) mass is 396 g/mol. The minimum Gasteiger partial charge on any atom is -0.322 e. The summed E-state index contributed by atoms with van der Waals surface area (Å²) in [4.78, 5) is 15.5. The average Bonchev–Trinajstić information content (AvgIpc) is 2.77. The van der Waals surface area contributed by atoms with Crippen LogP contribution in [0.2, 0.25) is 0 Å². The first kappa shape index (κ1) is 20.4. The van der Waals surface area contributed by atoms with Crippen molar-refractivity contribution in [2.75, 3.05) is 18.4 Å². The predicted molar refractivity (Wildman–Crippen MR) is 128 cm³/mol. The van der Waals surface area contributed by atoms with Crippen molar-refractivity contribution in [3.8, 4) is 11.1 Å². The van der Waals surface area contributed by atoms with Crippen LogP contribution in [0.25, 0.3) is 11.1 Å². The molecule has 0 spiro atoms. The van der Waals surface area contributed by atoms with Gasteiger partial charge in [0, 0.05) is 17.8 Å². The molecular weight excluding hydrogens is 367 g/mol. The molecule has 4 heteroatoms. The lowest BCUT2D eigenvalue weighted by Gasteiger charge is -2.27. The van der Waals surface area contributed by atoms with Gasteiger partial charge >= 0.3 is 0 Å². The van der Waals surface area contributed by atoms with Crippen LogP contribution in [0.1, 0.15) is 40.7 Å². The summed E-state index contributed by atoms with van der Waals surface area (Å²) in [6.07, 6.45) is 3.84. The number of carbonyl (C=O) groups excluding carboxylic acids is 1. The van der Waals surface area contributed by atoms with Crippen LogP contribution in [0.4, 0.5) is 5.69 Å². The van der Waals surface area contributed by atoms with Crippen molar-refractivity contribution in [2.45, 2.75) is 32.7 Å². The number of benzene rings is 3. The lowest BCUT2D eigenvalue weighted by atomic mass is 9.91. The molecular formula is C26H29BN2O. The number of piperidine rings is 1. The summed E-state index contributed by atoms with van der Waals surface area (Å²) in [5.74, 6) is -0.0576. The highest BCUT2D eigenvalue weighted by molar-refractivity contribution is 6.33. The molecule has 30 heavy (non-hydrogen) atoms. The van der Waals surface area contributed by atoms with Crippen LogP contribution < -0.4 is 10.8 Å². The normalized spacial score (nSPS) is 14.4. The van der Waals surface area contributed by atoms with Crippen LogP contribution in [-0.4, -0.2) is 31.7 Å². The van der Waals surface area contributed by atoms with Gasteiger partial charge in [-0.2, -0.15) is 0 Å². The number of anilines is 1. The van der Waals surface area contributed by atoms with E-state index >= 15 is 0 Å². The highest BCUT2D eigenvalue weighted by Crippen LogP contribution is 2.27. The Morgan fingerprint density at radius 3 is 2.47 bits per heavy atom. The number of likely N-dealkylation sites (tertiary alicyclic amines) is 1. The van der Waals surface area contributed by atoms with Gasteiger partial charge in [0.05, 0.1) is 0 Å². The van der Waals surface area contributed by atoms with Gasteiger partial charge in [-0.05, 0) is 73.8 Å². The van der Waals surface area contributed by atoms with Crippen molar-refractivity contribution < 1.29 is 4.79 Å². The zero-order chi connectivity index (χ0) is 20.9. The average molecular weight is 396 g/mol. The zero-order valence-corrected chi connectivity index (χ0v) is 17.9. The Morgan fingerprint density at radius 1 is 0.967 bits per heavy atom. The van der Waals surface area contributed by atoms with Crippen LogP contribution >= 0.6 is 0 Å². The summed E-state index contributed by atoms with van der Waals surface area (Å²) in [5, 5.41) is 3.06. The molecule has 0 radical (unpaired) electrons. The third kappa shape index (κ3) is 4.82. The first-order valence-corrected chi connectivity index (χ1v) is 10.9. The molecule has 3 aromatic rings. The van der Waals surface area contributed by atoms with E-state index in [0.717, 1.165) is 25.3 Å². The zero-order valence-electron chi connectivity index (χ0n) is 17.9. The molecule has 0 atom stereocenters. The smallest absolute Gasteiger partial charge is 0.255 e. The highest BCUT2D eigenvalue weighted by atomic mass is 16.1. The third-order valence-electron chi connectivity index (χ3n) is 6.06. The number of hydrogen-bond acceptors (Lipinski definition) is 2. The molecule has 4 rings (SSSR count). The summed E-state index contributed by atoms with van der Waals surface area (Å²) < 4.78 is 0. The van der Waals surface area contributed by atoms with Crippen LogP contribution in [0, 0.1) is 6.92 Å². The van der Waals surface area contributed by atoms with E-state index in [9.17, 15) is 4.79 Å². The summed E-state index contributed by atoms with van der Waals surface area (Å²) >= 11 is 0. The van der Waals surface area contributed by atoms with Crippen molar-refractivity contribution in [2.24, 2.45) is 0 Å². The van der Waals surface area contributed by atoms with Crippen LogP contribution in [-0.2, 0) is 6.54 Å². The van der Waals surface area contributed by atoms with E-state index in [0.29, 0.717) is 5.56 Å². The SMILES string of the molecule is Bc1ccc(NC(=O)c2ccc(-c3ccccc3)c(CN3CCCCC3)c2)cc1C. The molecule has 1 saturated heterocycles. The van der Waals surface area contributed by atoms with Gasteiger partial charge in [0.25, 0.3) is 5.91 Å². The maximum absolute atomic E-state index is 13.0. The number of hydrogen-bond donors (Lipinski definition) is 1. The van der Waals surface area contributed by atoms with E-state index in [4.69, 9.17) is 0 Å². The lowest BCUT2D eigenvalue weighted by molar-refractivity contribution is 0.102. The maximum atomic E-state index is 13.0. The molecule has 0 bridgehead atoms. The Hall–Kier alpha value is -2.85. The van der Waals surface area contributed by atoms with E-state index in [2.05, 4.69) is 61.4 Å². The fourth-order valence-corrected chi connectivity index (χ4v) is 4.15. The molecule has 1 heterocycles. The number of rotatable bonds is 5. The van der Waals surface area contributed by atoms with E-state index in [1.165, 1.54) is 47.0 Å². The van der Waals surface area contributed by atoms with Crippen molar-refractivity contribution in [1.82, 2.24) is 4.90 Å². The van der Waals surface area contributed by atoms with Gasteiger partial charge in [0.2, 0.25) is 0 Å². The second-order valence-electron chi connectivity index (χ2n) is 8.33. The topological polar surface area (TPSA) is 32.3 Å². The molecule has 1 aliphatic rings. The molecule has 1 amide bonds. The second kappa shape index (κ2) is 9.31. The lowest BCUT2D eigenvalue weighted by Crippen LogP contribution is -2.29. The molecule has 3 aromatic carbocycles. The summed E-state index contributed by atoms with van der Waals surface area (Å²) in [6.45, 7) is 5.21. The first-order chi connectivity index (χ1) is 14.6. The largest absolute Gasteiger partial charge is 0.322 e. The highest BCUT2D eigenvalue weighted by Gasteiger charge is 2.16. The molecule has 0 aliphatic carbocycles. The maximum Gasteiger partial charge on any atom is 0.255 e. The Morgan fingerprint density at radius 2 is 1.73 bits per heavy atom. The minimum atomic E-state index is -0.0576. The number of nitrogens with one attached hydrogen (secondary N) is 1. The van der Waals surface area contributed by atoms with E-state index in [-0.39, 0.29) is 5.91 Å². The fourth-order valence-electron chi connectivity index (χ4n) is 4.15. The van der Waals surface area contributed by atoms with Gasteiger partial charge < -0.3 is 5.32 Å². The summed E-state index contributed by atoms with van der Waals surface area (Å²) in [7, 11) is 2.08. The Labute approximate surface area is 180 Å². The number of amides is 1. The van der Waals surface area contributed by atoms with E-state index in [1.807, 2.05) is 30.3 Å². The summed E-state index contributed by atoms with van der Waals surface area (Å²) in [5.41, 5.74) is 7.58. The molecule has 1 fully saturated rings. The number of carbonyl (C=O) groups is 1.